The van der Waals surface area contributed by atoms with E-state index in [2.05, 4.69) is 4.74 Å². The van der Waals surface area contributed by atoms with Crippen LogP contribution in [0.4, 0.5) is 13.2 Å². The highest BCUT2D eigenvalue weighted by Gasteiger charge is 2.32. The molecule has 0 aliphatic heterocycles. The molecule has 1 rings (SSSR count). The summed E-state index contributed by atoms with van der Waals surface area (Å²) in [5, 5.41) is 0.158. The van der Waals surface area contributed by atoms with E-state index < -0.39 is 19.3 Å². The van der Waals surface area contributed by atoms with Gasteiger partial charge in [-0.1, -0.05) is 18.5 Å². The minimum atomic E-state index is -4.81. The van der Waals surface area contributed by atoms with Gasteiger partial charge in [0.05, 0.1) is 5.02 Å². The highest BCUT2D eigenvalue weighted by molar-refractivity contribution is 7.70. The van der Waals surface area contributed by atoms with Gasteiger partial charge in [-0.3, -0.25) is 0 Å². The van der Waals surface area contributed by atoms with Crippen LogP contribution in [0.3, 0.4) is 0 Å². The molecular weight excluding hydrogens is 276 g/mol. The molecule has 1 aromatic carbocycles. The van der Waals surface area contributed by atoms with Crippen LogP contribution < -0.4 is 10.0 Å². The largest absolute Gasteiger partial charge is 0.573 e. The van der Waals surface area contributed by atoms with E-state index in [9.17, 15) is 17.7 Å². The average molecular weight is 287 g/mol. The first kappa shape index (κ1) is 14.4. The minimum Gasteiger partial charge on any atom is -0.404 e. The molecule has 2 nitrogen and oxygen atoms in total. The van der Waals surface area contributed by atoms with E-state index in [1.165, 1.54) is 18.8 Å². The van der Waals surface area contributed by atoms with Gasteiger partial charge in [-0.15, -0.1) is 13.2 Å². The fourth-order valence-electron chi connectivity index (χ4n) is 1.17. The number of ether oxygens (including phenoxy) is 1. The second kappa shape index (κ2) is 4.91. The average Bonchev–Trinajstić information content (AvgIpc) is 2.19. The van der Waals surface area contributed by atoms with E-state index in [-0.39, 0.29) is 5.02 Å². The lowest BCUT2D eigenvalue weighted by atomic mass is 10.3. The Balaban J connectivity index is 3.16. The van der Waals surface area contributed by atoms with Gasteiger partial charge in [-0.05, 0) is 24.9 Å². The molecule has 1 unspecified atom stereocenters. The zero-order chi connectivity index (χ0) is 13.3. The first-order valence-electron chi connectivity index (χ1n) is 4.78. The molecule has 17 heavy (non-hydrogen) atoms. The number of hydrogen-bond donors (Lipinski definition) is 0. The van der Waals surface area contributed by atoms with E-state index in [1.54, 1.807) is 6.92 Å². The molecule has 7 heteroatoms. The van der Waals surface area contributed by atoms with E-state index in [4.69, 9.17) is 11.6 Å². The third-order valence-corrected chi connectivity index (χ3v) is 5.18. The summed E-state index contributed by atoms with van der Waals surface area (Å²) in [6.45, 7) is 3.22. The monoisotopic (exact) mass is 286 g/mol. The molecule has 96 valence electrons. The van der Waals surface area contributed by atoms with Crippen LogP contribution in [0.5, 0.6) is 5.75 Å². The Morgan fingerprint density at radius 3 is 2.47 bits per heavy atom. The fourth-order valence-corrected chi connectivity index (χ4v) is 2.47. The second-order valence-corrected chi connectivity index (χ2v) is 7.34. The third-order valence-electron chi connectivity index (χ3n) is 2.29. The molecule has 0 fully saturated rings. The molecule has 0 amide bonds. The van der Waals surface area contributed by atoms with Crippen molar-refractivity contribution in [1.82, 2.24) is 0 Å². The maximum Gasteiger partial charge on any atom is 0.573 e. The SMILES string of the molecule is CCP(C)(=O)c1ccc(Cl)c(OC(F)(F)F)c1. The molecule has 0 saturated heterocycles. The van der Waals surface area contributed by atoms with Crippen molar-refractivity contribution in [2.45, 2.75) is 13.3 Å². The Bertz CT molecular complexity index is 459. The van der Waals surface area contributed by atoms with Gasteiger partial charge in [0.15, 0.2) is 0 Å². The second-order valence-electron chi connectivity index (χ2n) is 3.58. The van der Waals surface area contributed by atoms with Gasteiger partial charge in [0.25, 0.3) is 0 Å². The van der Waals surface area contributed by atoms with Gasteiger partial charge in [0, 0.05) is 11.5 Å². The van der Waals surface area contributed by atoms with Crippen LogP contribution in [-0.4, -0.2) is 19.2 Å². The molecule has 0 N–H and O–H groups in total. The third kappa shape index (κ3) is 3.93. The van der Waals surface area contributed by atoms with Crippen LogP contribution in [0, 0.1) is 0 Å². The molecule has 0 bridgehead atoms. The number of hydrogen-bond acceptors (Lipinski definition) is 2. The van der Waals surface area contributed by atoms with E-state index in [0.717, 1.165) is 6.07 Å². The van der Waals surface area contributed by atoms with Crippen LogP contribution >= 0.6 is 18.7 Å². The van der Waals surface area contributed by atoms with Gasteiger partial charge < -0.3 is 9.30 Å². The normalized spacial score (nSPS) is 15.4. The summed E-state index contributed by atoms with van der Waals surface area (Å²) in [7, 11) is -2.64. The van der Waals surface area contributed by atoms with Crippen molar-refractivity contribution >= 4 is 24.0 Å². The van der Waals surface area contributed by atoms with Crippen molar-refractivity contribution in [1.29, 1.82) is 0 Å². The highest BCUT2D eigenvalue weighted by Crippen LogP contribution is 2.41. The molecular formula is C10H11ClF3O2P. The van der Waals surface area contributed by atoms with Crippen LogP contribution in [0.25, 0.3) is 0 Å². The summed E-state index contributed by atoms with van der Waals surface area (Å²) in [6, 6.07) is 3.79. The first-order chi connectivity index (χ1) is 7.65. The Hall–Kier alpha value is -0.670. The van der Waals surface area contributed by atoms with Crippen molar-refractivity contribution in [3.8, 4) is 5.75 Å². The Labute approximate surface area is 102 Å². The van der Waals surface area contributed by atoms with Crippen molar-refractivity contribution in [2.24, 2.45) is 0 Å². The van der Waals surface area contributed by atoms with Crippen molar-refractivity contribution in [3.05, 3.63) is 23.2 Å². The summed E-state index contributed by atoms with van der Waals surface area (Å²) in [5.41, 5.74) is 0. The van der Waals surface area contributed by atoms with E-state index >= 15 is 0 Å². The molecule has 0 saturated carbocycles. The maximum atomic E-state index is 12.1. The summed E-state index contributed by atoms with van der Waals surface area (Å²) in [4.78, 5) is 0. The number of rotatable bonds is 3. The summed E-state index contributed by atoms with van der Waals surface area (Å²) in [6.07, 6.45) is -4.45. The molecule has 0 heterocycles. The molecule has 0 radical (unpaired) electrons. The Morgan fingerprint density at radius 2 is 2.00 bits per heavy atom. The van der Waals surface area contributed by atoms with Crippen molar-refractivity contribution in [2.75, 3.05) is 12.8 Å². The molecule has 0 aromatic heterocycles. The number of benzene rings is 1. The van der Waals surface area contributed by atoms with Crippen LogP contribution in [0.15, 0.2) is 18.2 Å². The Kier molecular flexibility index (Phi) is 4.15. The van der Waals surface area contributed by atoms with Gasteiger partial charge in [0.2, 0.25) is 0 Å². The maximum absolute atomic E-state index is 12.1. The van der Waals surface area contributed by atoms with Gasteiger partial charge >= 0.3 is 6.36 Å². The smallest absolute Gasteiger partial charge is 0.404 e. The molecule has 0 spiro atoms. The fraction of sp³-hybridized carbons (Fsp3) is 0.400. The molecule has 1 aromatic rings. The molecule has 1 atom stereocenters. The zero-order valence-electron chi connectivity index (χ0n) is 9.21. The van der Waals surface area contributed by atoms with Gasteiger partial charge in [0.1, 0.15) is 12.9 Å². The van der Waals surface area contributed by atoms with E-state index in [1.807, 2.05) is 0 Å². The predicted octanol–water partition coefficient (Wildman–Crippen LogP) is 3.88. The lowest BCUT2D eigenvalue weighted by Gasteiger charge is -2.15. The molecule has 0 aliphatic carbocycles. The molecule has 0 aliphatic rings. The number of halogens is 4. The predicted molar refractivity (Wildman–Crippen MR) is 61.8 cm³/mol. The summed E-state index contributed by atoms with van der Waals surface area (Å²) < 4.78 is 52.0. The minimum absolute atomic E-state index is 0.165. The van der Waals surface area contributed by atoms with Gasteiger partial charge in [-0.2, -0.15) is 0 Å². The van der Waals surface area contributed by atoms with E-state index in [0.29, 0.717) is 11.5 Å². The standard InChI is InChI=1S/C10H11ClF3O2P/c1-3-17(2,15)7-4-5-8(11)9(6-7)16-10(12,13)14/h4-6H,3H2,1-2H3. The van der Waals surface area contributed by atoms with Crippen LogP contribution in [-0.2, 0) is 4.57 Å². The highest BCUT2D eigenvalue weighted by atomic mass is 35.5. The quantitative estimate of drug-likeness (QED) is 0.788. The summed E-state index contributed by atoms with van der Waals surface area (Å²) >= 11 is 5.58. The van der Waals surface area contributed by atoms with Crippen LogP contribution in [0.1, 0.15) is 6.92 Å². The Morgan fingerprint density at radius 1 is 1.41 bits per heavy atom. The first-order valence-corrected chi connectivity index (χ1v) is 7.50. The summed E-state index contributed by atoms with van der Waals surface area (Å²) in [5.74, 6) is -0.521. The van der Waals surface area contributed by atoms with Gasteiger partial charge in [-0.25, -0.2) is 0 Å². The lowest BCUT2D eigenvalue weighted by Crippen LogP contribution is -2.18. The zero-order valence-corrected chi connectivity index (χ0v) is 10.9. The van der Waals surface area contributed by atoms with Crippen molar-refractivity contribution in [3.63, 3.8) is 0 Å². The van der Waals surface area contributed by atoms with Crippen molar-refractivity contribution < 1.29 is 22.5 Å². The lowest BCUT2D eigenvalue weighted by molar-refractivity contribution is -0.274. The number of alkyl halides is 3. The van der Waals surface area contributed by atoms with Crippen LogP contribution in [0.2, 0.25) is 5.02 Å². The topological polar surface area (TPSA) is 26.3 Å².